The Hall–Kier alpha value is -5.06. The molecule has 0 atom stereocenters. The van der Waals surface area contributed by atoms with Crippen LogP contribution in [0.15, 0.2) is 69.8 Å². The van der Waals surface area contributed by atoms with Gasteiger partial charge in [0.2, 0.25) is 5.78 Å². The molecule has 0 amide bonds. The van der Waals surface area contributed by atoms with Crippen molar-refractivity contribution in [3.63, 3.8) is 0 Å². The summed E-state index contributed by atoms with van der Waals surface area (Å²) in [6.07, 6.45) is 2.93. The minimum Gasteiger partial charge on any atom is -0.465 e. The molecule has 4 heterocycles. The fourth-order valence-corrected chi connectivity index (χ4v) is 3.97. The van der Waals surface area contributed by atoms with Crippen LogP contribution in [0.1, 0.15) is 33.3 Å². The van der Waals surface area contributed by atoms with Crippen molar-refractivity contribution in [1.82, 2.24) is 29.9 Å². The summed E-state index contributed by atoms with van der Waals surface area (Å²) < 4.78 is 19.0. The molecule has 0 saturated carbocycles. The lowest BCUT2D eigenvalue weighted by atomic mass is 10.1. The minimum atomic E-state index is -0.796. The Kier molecular flexibility index (Phi) is 6.33. The van der Waals surface area contributed by atoms with Crippen molar-refractivity contribution in [1.29, 1.82) is 0 Å². The van der Waals surface area contributed by atoms with E-state index in [1.54, 1.807) is 42.7 Å². The number of furan rings is 1. The van der Waals surface area contributed by atoms with Crippen molar-refractivity contribution >= 4 is 23.5 Å². The van der Waals surface area contributed by atoms with Crippen LogP contribution >= 0.6 is 0 Å². The van der Waals surface area contributed by atoms with Crippen molar-refractivity contribution in [2.75, 3.05) is 6.61 Å². The quantitative estimate of drug-likeness (QED) is 0.176. The molecular weight excluding hydrogens is 476 g/mol. The Bertz CT molecular complexity index is 1590. The van der Waals surface area contributed by atoms with Crippen LogP contribution in [0, 0.1) is 20.8 Å². The van der Waals surface area contributed by atoms with Gasteiger partial charge in [0.1, 0.15) is 11.5 Å². The number of nitrogens with zero attached hydrogens (tertiary/aromatic N) is 6. The second-order valence-corrected chi connectivity index (χ2v) is 8.24. The average Bonchev–Trinajstić information content (AvgIpc) is 3.70. The predicted molar refractivity (Wildman–Crippen MR) is 131 cm³/mol. The van der Waals surface area contributed by atoms with Crippen molar-refractivity contribution in [3.8, 4) is 17.2 Å². The molecule has 186 valence electrons. The fraction of sp³-hybridized carbons (Fsp3) is 0.154. The highest BCUT2D eigenvalue weighted by molar-refractivity contribution is 6.16. The zero-order chi connectivity index (χ0) is 25.9. The van der Waals surface area contributed by atoms with Gasteiger partial charge < -0.3 is 13.7 Å². The Morgan fingerprint density at radius 3 is 2.57 bits per heavy atom. The molecule has 1 aromatic carbocycles. The third-order valence-electron chi connectivity index (χ3n) is 5.67. The van der Waals surface area contributed by atoms with E-state index in [-0.39, 0.29) is 11.5 Å². The van der Waals surface area contributed by atoms with Gasteiger partial charge in [-0.15, -0.1) is 5.10 Å². The number of ether oxygens (including phenoxy) is 1. The molecule has 0 radical (unpaired) electrons. The Morgan fingerprint density at radius 1 is 1.05 bits per heavy atom. The first-order chi connectivity index (χ1) is 17.9. The average molecular weight is 498 g/mol. The van der Waals surface area contributed by atoms with E-state index in [0.717, 1.165) is 5.69 Å². The number of tetrazole rings is 1. The largest absolute Gasteiger partial charge is 0.465 e. The molecule has 11 nitrogen and oxygen atoms in total. The lowest BCUT2D eigenvalue weighted by molar-refractivity contribution is -0.136. The van der Waals surface area contributed by atoms with Crippen LogP contribution in [-0.4, -0.2) is 48.3 Å². The number of aryl methyl sites for hydroxylation is 2. The number of benzene rings is 1. The van der Waals surface area contributed by atoms with Crippen molar-refractivity contribution in [2.24, 2.45) is 0 Å². The van der Waals surface area contributed by atoms with E-state index in [4.69, 9.17) is 13.7 Å². The van der Waals surface area contributed by atoms with Gasteiger partial charge in [-0.2, -0.15) is 4.68 Å². The van der Waals surface area contributed by atoms with E-state index in [1.165, 1.54) is 17.0 Å². The summed E-state index contributed by atoms with van der Waals surface area (Å²) in [5, 5.41) is 15.8. The molecule has 0 saturated heterocycles. The van der Waals surface area contributed by atoms with Crippen LogP contribution in [0.25, 0.3) is 29.0 Å². The zero-order valence-corrected chi connectivity index (χ0v) is 20.3. The van der Waals surface area contributed by atoms with Crippen molar-refractivity contribution < 1.29 is 23.3 Å². The van der Waals surface area contributed by atoms with Gasteiger partial charge in [-0.1, -0.05) is 35.5 Å². The lowest BCUT2D eigenvalue weighted by Gasteiger charge is -2.10. The van der Waals surface area contributed by atoms with E-state index in [1.807, 2.05) is 37.3 Å². The van der Waals surface area contributed by atoms with E-state index in [0.29, 0.717) is 40.0 Å². The summed E-state index contributed by atoms with van der Waals surface area (Å²) in [6.45, 7) is 4.95. The van der Waals surface area contributed by atoms with Gasteiger partial charge in [0.15, 0.2) is 23.9 Å². The number of Topliss-reactive ketones (excluding diaryl/α,β-unsaturated/α-hetero) is 1. The molecule has 37 heavy (non-hydrogen) atoms. The summed E-state index contributed by atoms with van der Waals surface area (Å²) in [6, 6.07) is 16.0. The molecule has 0 unspecified atom stereocenters. The number of rotatable bonds is 8. The number of carbonyl (C=O) groups excluding carboxylic acids is 2. The smallest absolute Gasteiger partial charge is 0.357 e. The van der Waals surface area contributed by atoms with E-state index < -0.39 is 12.6 Å². The fourth-order valence-electron chi connectivity index (χ4n) is 3.97. The highest BCUT2D eigenvalue weighted by Crippen LogP contribution is 2.23. The van der Waals surface area contributed by atoms with Gasteiger partial charge in [0, 0.05) is 34.7 Å². The molecule has 0 N–H and O–H groups in total. The predicted octanol–water partition coefficient (Wildman–Crippen LogP) is 4.06. The molecule has 0 aliphatic heterocycles. The van der Waals surface area contributed by atoms with Gasteiger partial charge in [-0.25, -0.2) is 4.79 Å². The number of esters is 1. The standard InChI is InChI=1S/C26H22N6O5/c1-16-12-21(18(3)31(16)24-13-17(2)37-28-24)23(33)15-36-26(34)22(14-20-10-7-11-35-20)32-25(27-29-30-32)19-8-5-4-6-9-19/h4-14H,15H2,1-3H3/b22-14+. The van der Waals surface area contributed by atoms with E-state index >= 15 is 0 Å². The zero-order valence-electron chi connectivity index (χ0n) is 20.3. The molecule has 11 heteroatoms. The maximum atomic E-state index is 13.2. The third kappa shape index (κ3) is 4.74. The Morgan fingerprint density at radius 2 is 1.86 bits per heavy atom. The third-order valence-corrected chi connectivity index (χ3v) is 5.67. The second kappa shape index (κ2) is 9.90. The first-order valence-electron chi connectivity index (χ1n) is 11.3. The second-order valence-electron chi connectivity index (χ2n) is 8.24. The molecule has 5 rings (SSSR count). The summed E-state index contributed by atoms with van der Waals surface area (Å²) in [5.74, 6) is 0.768. The molecule has 0 bridgehead atoms. The number of hydrogen-bond acceptors (Lipinski definition) is 9. The number of hydrogen-bond donors (Lipinski definition) is 0. The summed E-state index contributed by atoms with van der Waals surface area (Å²) in [7, 11) is 0. The number of ketones is 1. The molecule has 0 fully saturated rings. The Labute approximate surface area is 210 Å². The SMILES string of the molecule is Cc1cc(-n2c(C)cc(C(=O)COC(=O)/C(=C\c3ccco3)n3nnnc3-c3ccccc3)c2C)no1. The lowest BCUT2D eigenvalue weighted by Crippen LogP contribution is -2.19. The minimum absolute atomic E-state index is 0.0184. The molecular formula is C26H22N6O5. The highest BCUT2D eigenvalue weighted by atomic mass is 16.5. The molecule has 0 spiro atoms. The highest BCUT2D eigenvalue weighted by Gasteiger charge is 2.24. The normalized spacial score (nSPS) is 11.6. The van der Waals surface area contributed by atoms with E-state index in [2.05, 4.69) is 20.7 Å². The maximum Gasteiger partial charge on any atom is 0.357 e. The van der Waals surface area contributed by atoms with Crippen molar-refractivity contribution in [2.45, 2.75) is 20.8 Å². The van der Waals surface area contributed by atoms with Gasteiger partial charge in [0.05, 0.1) is 6.26 Å². The number of carbonyl (C=O) groups is 2. The summed E-state index contributed by atoms with van der Waals surface area (Å²) in [5.41, 5.74) is 2.53. The van der Waals surface area contributed by atoms with Gasteiger partial charge in [-0.3, -0.25) is 9.36 Å². The summed E-state index contributed by atoms with van der Waals surface area (Å²) in [4.78, 5) is 26.3. The summed E-state index contributed by atoms with van der Waals surface area (Å²) >= 11 is 0. The molecule has 4 aromatic heterocycles. The van der Waals surface area contributed by atoms with Crippen LogP contribution in [0.2, 0.25) is 0 Å². The van der Waals surface area contributed by atoms with Crippen LogP contribution < -0.4 is 0 Å². The molecule has 0 aliphatic carbocycles. The van der Waals surface area contributed by atoms with Gasteiger partial charge in [-0.05, 0) is 49.4 Å². The van der Waals surface area contributed by atoms with Gasteiger partial charge in [0.25, 0.3) is 0 Å². The Balaban J connectivity index is 1.41. The monoisotopic (exact) mass is 498 g/mol. The van der Waals surface area contributed by atoms with Crippen LogP contribution in [0.5, 0.6) is 0 Å². The maximum absolute atomic E-state index is 13.2. The topological polar surface area (TPSA) is 131 Å². The number of aromatic nitrogens is 6. The van der Waals surface area contributed by atoms with Crippen LogP contribution in [0.3, 0.4) is 0 Å². The first kappa shape index (κ1) is 23.7. The van der Waals surface area contributed by atoms with Gasteiger partial charge >= 0.3 is 5.97 Å². The van der Waals surface area contributed by atoms with Crippen LogP contribution in [-0.2, 0) is 9.53 Å². The van der Waals surface area contributed by atoms with E-state index in [9.17, 15) is 9.59 Å². The molecule has 5 aromatic rings. The van der Waals surface area contributed by atoms with Crippen LogP contribution in [0.4, 0.5) is 0 Å². The first-order valence-corrected chi connectivity index (χ1v) is 11.3. The van der Waals surface area contributed by atoms with Crippen molar-refractivity contribution in [3.05, 3.63) is 89.3 Å². The molecule has 0 aliphatic rings.